The van der Waals surface area contributed by atoms with E-state index in [1.807, 2.05) is 0 Å². The fourth-order valence-corrected chi connectivity index (χ4v) is 1.75. The van der Waals surface area contributed by atoms with Crippen molar-refractivity contribution in [2.24, 2.45) is 0 Å². The Kier molecular flexibility index (Phi) is 4.84. The molecule has 1 aliphatic rings. The molecule has 0 aromatic rings. The molecule has 82 valence electrons. The van der Waals surface area contributed by atoms with Crippen LogP contribution in [0.25, 0.3) is 0 Å². The van der Waals surface area contributed by atoms with Crippen molar-refractivity contribution in [2.45, 2.75) is 57.5 Å². The van der Waals surface area contributed by atoms with Crippen molar-refractivity contribution in [3.05, 3.63) is 0 Å². The van der Waals surface area contributed by atoms with Gasteiger partial charge in [-0.25, -0.2) is 4.79 Å². The van der Waals surface area contributed by atoms with Gasteiger partial charge < -0.3 is 4.74 Å². The average Bonchev–Trinajstić information content (AvgIpc) is 2.08. The first-order chi connectivity index (χ1) is 6.70. The number of hydrogen-bond acceptors (Lipinski definition) is 2. The lowest BCUT2D eigenvalue weighted by Gasteiger charge is -2.19. The van der Waals surface area contributed by atoms with Crippen molar-refractivity contribution in [3.8, 4) is 0 Å². The molecule has 1 aliphatic carbocycles. The van der Waals surface area contributed by atoms with Gasteiger partial charge in [-0.2, -0.15) is 8.78 Å². The molecule has 14 heavy (non-hydrogen) atoms. The van der Waals surface area contributed by atoms with Crippen molar-refractivity contribution < 1.29 is 18.3 Å². The number of alkyl halides is 2. The van der Waals surface area contributed by atoms with Gasteiger partial charge in [0.2, 0.25) is 0 Å². The van der Waals surface area contributed by atoms with Crippen LogP contribution >= 0.6 is 0 Å². The molecule has 0 radical (unpaired) electrons. The molecule has 1 saturated carbocycles. The van der Waals surface area contributed by atoms with E-state index < -0.39 is 12.4 Å². The Morgan fingerprint density at radius 3 is 2.07 bits per heavy atom. The lowest BCUT2D eigenvalue weighted by molar-refractivity contribution is -0.163. The number of carbonyl (C=O) groups is 1. The van der Waals surface area contributed by atoms with Crippen LogP contribution in [0.3, 0.4) is 0 Å². The monoisotopic (exact) mass is 206 g/mol. The second kappa shape index (κ2) is 5.94. The molecule has 0 heterocycles. The molecule has 0 saturated heterocycles. The van der Waals surface area contributed by atoms with Crippen molar-refractivity contribution in [1.82, 2.24) is 0 Å². The highest BCUT2D eigenvalue weighted by atomic mass is 19.3. The highest BCUT2D eigenvalue weighted by Gasteiger charge is 2.22. The summed E-state index contributed by atoms with van der Waals surface area (Å²) < 4.78 is 28.5. The summed E-state index contributed by atoms with van der Waals surface area (Å²) in [5.41, 5.74) is 0. The van der Waals surface area contributed by atoms with Crippen LogP contribution in [0, 0.1) is 0 Å². The van der Waals surface area contributed by atoms with Crippen LogP contribution in [0.2, 0.25) is 0 Å². The van der Waals surface area contributed by atoms with Gasteiger partial charge in [0.1, 0.15) is 6.10 Å². The third-order valence-corrected chi connectivity index (χ3v) is 2.51. The Morgan fingerprint density at radius 2 is 1.57 bits per heavy atom. The molecule has 0 bridgehead atoms. The SMILES string of the molecule is O=C(OC1CCCCCCC1)C(F)F. The van der Waals surface area contributed by atoms with Gasteiger partial charge in [-0.15, -0.1) is 0 Å². The smallest absolute Gasteiger partial charge is 0.374 e. The number of hydrogen-bond donors (Lipinski definition) is 0. The van der Waals surface area contributed by atoms with E-state index in [2.05, 4.69) is 0 Å². The summed E-state index contributed by atoms with van der Waals surface area (Å²) in [4.78, 5) is 10.6. The Labute approximate surface area is 82.6 Å². The summed E-state index contributed by atoms with van der Waals surface area (Å²) in [5.74, 6) is -1.37. The van der Waals surface area contributed by atoms with E-state index in [4.69, 9.17) is 4.74 Å². The molecule has 0 N–H and O–H groups in total. The van der Waals surface area contributed by atoms with E-state index in [9.17, 15) is 13.6 Å². The minimum Gasteiger partial charge on any atom is -0.458 e. The lowest BCUT2D eigenvalue weighted by Crippen LogP contribution is -2.23. The number of ether oxygens (including phenoxy) is 1. The molecule has 4 heteroatoms. The van der Waals surface area contributed by atoms with Crippen LogP contribution in [0.5, 0.6) is 0 Å². The quantitative estimate of drug-likeness (QED) is 0.649. The fourth-order valence-electron chi connectivity index (χ4n) is 1.75. The number of esters is 1. The van der Waals surface area contributed by atoms with Gasteiger partial charge in [-0.3, -0.25) is 0 Å². The summed E-state index contributed by atoms with van der Waals surface area (Å²) >= 11 is 0. The normalized spacial score (nSPS) is 20.2. The molecule has 1 rings (SSSR count). The Morgan fingerprint density at radius 1 is 1.07 bits per heavy atom. The highest BCUT2D eigenvalue weighted by Crippen LogP contribution is 2.20. The second-order valence-electron chi connectivity index (χ2n) is 3.70. The van der Waals surface area contributed by atoms with E-state index >= 15 is 0 Å². The number of halogens is 2. The Balaban J connectivity index is 2.30. The molecule has 0 aliphatic heterocycles. The zero-order valence-corrected chi connectivity index (χ0v) is 8.18. The fraction of sp³-hybridized carbons (Fsp3) is 0.900. The van der Waals surface area contributed by atoms with Crippen LogP contribution in [0.4, 0.5) is 8.78 Å². The molecular formula is C10H16F2O2. The Hall–Kier alpha value is -0.670. The standard InChI is InChI=1S/C10H16F2O2/c11-9(12)10(13)14-8-6-4-2-1-3-5-7-8/h8-9H,1-7H2. The molecule has 1 fully saturated rings. The van der Waals surface area contributed by atoms with Crippen molar-refractivity contribution in [1.29, 1.82) is 0 Å². The van der Waals surface area contributed by atoms with E-state index in [1.165, 1.54) is 6.42 Å². The average molecular weight is 206 g/mol. The van der Waals surface area contributed by atoms with E-state index in [-0.39, 0.29) is 6.10 Å². The van der Waals surface area contributed by atoms with Gasteiger partial charge in [-0.05, 0) is 25.7 Å². The maximum absolute atomic E-state index is 11.9. The van der Waals surface area contributed by atoms with Crippen molar-refractivity contribution >= 4 is 5.97 Å². The minimum atomic E-state index is -2.99. The predicted octanol–water partition coefficient (Wildman–Crippen LogP) is 2.91. The van der Waals surface area contributed by atoms with Crippen molar-refractivity contribution in [3.63, 3.8) is 0 Å². The molecule has 0 atom stereocenters. The van der Waals surface area contributed by atoms with Gasteiger partial charge >= 0.3 is 12.4 Å². The summed E-state index contributed by atoms with van der Waals surface area (Å²) in [5, 5.41) is 0. The molecule has 0 amide bonds. The van der Waals surface area contributed by atoms with Crippen LogP contribution in [0.1, 0.15) is 44.9 Å². The van der Waals surface area contributed by atoms with Crippen LogP contribution in [-0.2, 0) is 9.53 Å². The van der Waals surface area contributed by atoms with Gasteiger partial charge in [0, 0.05) is 0 Å². The maximum Gasteiger partial charge on any atom is 0.374 e. The van der Waals surface area contributed by atoms with E-state index in [1.54, 1.807) is 0 Å². The van der Waals surface area contributed by atoms with Crippen molar-refractivity contribution in [2.75, 3.05) is 0 Å². The first-order valence-electron chi connectivity index (χ1n) is 5.19. The molecule has 0 aromatic carbocycles. The van der Waals surface area contributed by atoms with E-state index in [0.29, 0.717) is 0 Å². The first-order valence-corrected chi connectivity index (χ1v) is 5.19. The third kappa shape index (κ3) is 4.03. The first kappa shape index (κ1) is 11.4. The van der Waals surface area contributed by atoms with Crippen LogP contribution in [-0.4, -0.2) is 18.5 Å². The zero-order chi connectivity index (χ0) is 10.4. The summed E-state index contributed by atoms with van der Waals surface area (Å²) in [6.07, 6.45) is 3.58. The highest BCUT2D eigenvalue weighted by molar-refractivity contribution is 5.72. The minimum absolute atomic E-state index is 0.281. The van der Waals surface area contributed by atoms with Gasteiger partial charge in [-0.1, -0.05) is 19.3 Å². The summed E-state index contributed by atoms with van der Waals surface area (Å²) in [6, 6.07) is 0. The summed E-state index contributed by atoms with van der Waals surface area (Å²) in [7, 11) is 0. The Bertz CT molecular complexity index is 175. The van der Waals surface area contributed by atoms with E-state index in [0.717, 1.165) is 38.5 Å². The van der Waals surface area contributed by atoms with Gasteiger partial charge in [0.25, 0.3) is 0 Å². The second-order valence-corrected chi connectivity index (χ2v) is 3.70. The number of rotatable bonds is 2. The van der Waals surface area contributed by atoms with Gasteiger partial charge in [0.05, 0.1) is 0 Å². The maximum atomic E-state index is 11.9. The topological polar surface area (TPSA) is 26.3 Å². The summed E-state index contributed by atoms with van der Waals surface area (Å²) in [6.45, 7) is 0. The molecule has 0 aromatic heterocycles. The molecule has 2 nitrogen and oxygen atoms in total. The largest absolute Gasteiger partial charge is 0.458 e. The van der Waals surface area contributed by atoms with Crippen LogP contribution < -0.4 is 0 Å². The lowest BCUT2D eigenvalue weighted by atomic mass is 9.99. The molecule has 0 spiro atoms. The van der Waals surface area contributed by atoms with Crippen LogP contribution in [0.15, 0.2) is 0 Å². The molecule has 0 unspecified atom stereocenters. The zero-order valence-electron chi connectivity index (χ0n) is 8.18. The number of carbonyl (C=O) groups excluding carboxylic acids is 1. The molecular weight excluding hydrogens is 190 g/mol. The predicted molar refractivity (Wildman–Crippen MR) is 48.2 cm³/mol. The third-order valence-electron chi connectivity index (χ3n) is 2.51. The van der Waals surface area contributed by atoms with Gasteiger partial charge in [0.15, 0.2) is 0 Å².